The molecule has 0 radical (unpaired) electrons. The lowest BCUT2D eigenvalue weighted by molar-refractivity contribution is 0.454. The van der Waals surface area contributed by atoms with Crippen molar-refractivity contribution in [2.45, 2.75) is 0 Å². The minimum atomic E-state index is -4.55. The van der Waals surface area contributed by atoms with Crippen LogP contribution in [0.5, 0.6) is 5.75 Å². The normalized spacial score (nSPS) is 15.2. The molecule has 0 amide bonds. The van der Waals surface area contributed by atoms with Crippen LogP contribution in [0.3, 0.4) is 0 Å². The summed E-state index contributed by atoms with van der Waals surface area (Å²) in [5.74, 6) is -0.567. The van der Waals surface area contributed by atoms with Crippen molar-refractivity contribution in [2.24, 2.45) is 0 Å². The van der Waals surface area contributed by atoms with E-state index in [0.29, 0.717) is 0 Å². The number of benzene rings is 1. The summed E-state index contributed by atoms with van der Waals surface area (Å²) < 4.78 is 38.8. The molecule has 0 heterocycles. The van der Waals surface area contributed by atoms with E-state index in [-0.39, 0.29) is 5.75 Å². The lowest BCUT2D eigenvalue weighted by atomic mass is 10.3. The maximum Gasteiger partial charge on any atom is 0.514 e. The molecular formula is C6H4ClF2O2P. The molecule has 0 fully saturated rings. The first-order chi connectivity index (χ1) is 5.47. The summed E-state index contributed by atoms with van der Waals surface area (Å²) in [5, 5.41) is 0. The third kappa shape index (κ3) is 3.20. The van der Waals surface area contributed by atoms with Crippen LogP contribution in [0.25, 0.3) is 0 Å². The van der Waals surface area contributed by atoms with Gasteiger partial charge in [-0.15, -0.1) is 4.20 Å². The predicted molar refractivity (Wildman–Crippen MR) is 41.6 cm³/mol. The molecule has 0 saturated heterocycles. The van der Waals surface area contributed by atoms with Gasteiger partial charge < -0.3 is 4.52 Å². The van der Waals surface area contributed by atoms with Crippen molar-refractivity contribution in [2.75, 3.05) is 0 Å². The molecule has 2 nitrogen and oxygen atoms in total. The Morgan fingerprint density at radius 1 is 1.33 bits per heavy atom. The molecule has 1 atom stereocenters. The Labute approximate surface area is 72.5 Å². The first kappa shape index (κ1) is 9.49. The molecule has 1 aromatic carbocycles. The summed E-state index contributed by atoms with van der Waals surface area (Å²) in [6, 6.07) is 4.34. The average Bonchev–Trinajstić information content (AvgIpc) is 1.91. The molecule has 0 aromatic heterocycles. The van der Waals surface area contributed by atoms with Crippen molar-refractivity contribution in [3.05, 3.63) is 30.1 Å². The lowest BCUT2D eigenvalue weighted by Crippen LogP contribution is -1.81. The van der Waals surface area contributed by atoms with Crippen LogP contribution < -0.4 is 4.52 Å². The molecule has 1 rings (SSSR count). The second kappa shape index (κ2) is 3.42. The molecule has 0 bridgehead atoms. The Hall–Kier alpha value is -0.600. The quantitative estimate of drug-likeness (QED) is 0.701. The van der Waals surface area contributed by atoms with Crippen LogP contribution in [0.1, 0.15) is 0 Å². The van der Waals surface area contributed by atoms with E-state index < -0.39 is 12.8 Å². The molecule has 66 valence electrons. The highest BCUT2D eigenvalue weighted by molar-refractivity contribution is 7.81. The zero-order valence-corrected chi connectivity index (χ0v) is 7.36. The van der Waals surface area contributed by atoms with E-state index in [1.165, 1.54) is 0 Å². The van der Waals surface area contributed by atoms with E-state index in [4.69, 9.17) is 0 Å². The zero-order chi connectivity index (χ0) is 9.19. The van der Waals surface area contributed by atoms with Gasteiger partial charge in [0.25, 0.3) is 0 Å². The SMILES string of the molecule is O=P(F)(Cl)Oc1ccc(F)cc1. The Morgan fingerprint density at radius 3 is 2.25 bits per heavy atom. The molecule has 0 saturated carbocycles. The van der Waals surface area contributed by atoms with Gasteiger partial charge in [0.1, 0.15) is 11.6 Å². The average molecular weight is 213 g/mol. The van der Waals surface area contributed by atoms with Crippen molar-refractivity contribution >= 4 is 18.3 Å². The van der Waals surface area contributed by atoms with Crippen LogP contribution in [-0.2, 0) is 4.57 Å². The van der Waals surface area contributed by atoms with E-state index in [1.807, 2.05) is 0 Å². The van der Waals surface area contributed by atoms with Crippen molar-refractivity contribution in [3.63, 3.8) is 0 Å². The fraction of sp³-hybridized carbons (Fsp3) is 0. The third-order valence-electron chi connectivity index (χ3n) is 1.03. The van der Waals surface area contributed by atoms with Crippen molar-refractivity contribution in [1.29, 1.82) is 0 Å². The highest BCUT2D eigenvalue weighted by Crippen LogP contribution is 2.53. The predicted octanol–water partition coefficient (Wildman–Crippen LogP) is 3.52. The standard InChI is InChI=1S/C6H4ClF2O2P/c7-12(9,10)11-6-3-1-5(8)2-4-6/h1-4H. The van der Waals surface area contributed by atoms with E-state index in [2.05, 4.69) is 15.8 Å². The van der Waals surface area contributed by atoms with Crippen molar-refractivity contribution < 1.29 is 17.7 Å². The minimum absolute atomic E-state index is 0.0720. The van der Waals surface area contributed by atoms with Gasteiger partial charge >= 0.3 is 7.03 Å². The maximum atomic E-state index is 12.3. The zero-order valence-electron chi connectivity index (χ0n) is 5.71. The van der Waals surface area contributed by atoms with E-state index in [1.54, 1.807) is 0 Å². The summed E-state index contributed by atoms with van der Waals surface area (Å²) in [6.45, 7) is 0. The minimum Gasteiger partial charge on any atom is -0.410 e. The molecule has 0 aliphatic heterocycles. The van der Waals surface area contributed by atoms with Crippen molar-refractivity contribution in [3.8, 4) is 5.75 Å². The molecular weight excluding hydrogens is 208 g/mol. The maximum absolute atomic E-state index is 12.3. The number of hydrogen-bond donors (Lipinski definition) is 0. The third-order valence-corrected chi connectivity index (χ3v) is 1.66. The molecule has 0 N–H and O–H groups in total. The van der Waals surface area contributed by atoms with Gasteiger partial charge in [-0.3, -0.25) is 0 Å². The highest BCUT2D eigenvalue weighted by atomic mass is 35.7. The van der Waals surface area contributed by atoms with E-state index in [9.17, 15) is 13.2 Å². The van der Waals surface area contributed by atoms with Crippen LogP contribution in [0.2, 0.25) is 0 Å². The lowest BCUT2D eigenvalue weighted by Gasteiger charge is -2.02. The highest BCUT2D eigenvalue weighted by Gasteiger charge is 2.18. The Kier molecular flexibility index (Phi) is 2.70. The van der Waals surface area contributed by atoms with Gasteiger partial charge in [-0.1, -0.05) is 0 Å². The van der Waals surface area contributed by atoms with Gasteiger partial charge in [0.2, 0.25) is 0 Å². The fourth-order valence-electron chi connectivity index (χ4n) is 0.618. The van der Waals surface area contributed by atoms with Gasteiger partial charge in [0.05, 0.1) is 0 Å². The fourth-order valence-corrected chi connectivity index (χ4v) is 1.22. The molecule has 0 spiro atoms. The summed E-state index contributed by atoms with van der Waals surface area (Å²) in [4.78, 5) is 0. The molecule has 1 unspecified atom stereocenters. The number of halogens is 3. The first-order valence-electron chi connectivity index (χ1n) is 2.92. The molecule has 12 heavy (non-hydrogen) atoms. The number of hydrogen-bond acceptors (Lipinski definition) is 2. The monoisotopic (exact) mass is 212 g/mol. The summed E-state index contributed by atoms with van der Waals surface area (Å²) in [6.07, 6.45) is 0. The van der Waals surface area contributed by atoms with Crippen LogP contribution >= 0.6 is 18.3 Å². The summed E-state index contributed by atoms with van der Waals surface area (Å²) in [7, 11) is -4.55. The smallest absolute Gasteiger partial charge is 0.410 e. The van der Waals surface area contributed by atoms with E-state index >= 15 is 0 Å². The van der Waals surface area contributed by atoms with Gasteiger partial charge in [-0.05, 0) is 24.3 Å². The van der Waals surface area contributed by atoms with Gasteiger partial charge in [0.15, 0.2) is 0 Å². The van der Waals surface area contributed by atoms with E-state index in [0.717, 1.165) is 24.3 Å². The first-order valence-corrected chi connectivity index (χ1v) is 5.34. The van der Waals surface area contributed by atoms with Crippen LogP contribution in [0, 0.1) is 5.82 Å². The van der Waals surface area contributed by atoms with Gasteiger partial charge in [0, 0.05) is 11.2 Å². The van der Waals surface area contributed by atoms with Gasteiger partial charge in [-0.25, -0.2) is 8.96 Å². The Bertz CT molecular complexity index is 308. The second-order valence-electron chi connectivity index (χ2n) is 1.96. The Balaban J connectivity index is 2.78. The van der Waals surface area contributed by atoms with Crippen LogP contribution in [0.4, 0.5) is 8.59 Å². The summed E-state index contributed by atoms with van der Waals surface area (Å²) >= 11 is 4.68. The van der Waals surface area contributed by atoms with Crippen molar-refractivity contribution in [1.82, 2.24) is 0 Å². The van der Waals surface area contributed by atoms with Gasteiger partial charge in [-0.2, -0.15) is 0 Å². The molecule has 0 aliphatic rings. The second-order valence-corrected chi connectivity index (χ2v) is 4.18. The topological polar surface area (TPSA) is 26.3 Å². The Morgan fingerprint density at radius 2 is 1.83 bits per heavy atom. The van der Waals surface area contributed by atoms with Crippen LogP contribution in [-0.4, -0.2) is 0 Å². The summed E-state index contributed by atoms with van der Waals surface area (Å²) in [5.41, 5.74) is 0. The largest absolute Gasteiger partial charge is 0.514 e. The molecule has 0 aliphatic carbocycles. The molecule has 6 heteroatoms. The van der Waals surface area contributed by atoms with Crippen LogP contribution in [0.15, 0.2) is 24.3 Å². The molecule has 1 aromatic rings. The number of rotatable bonds is 2.